The average molecular weight is 279 g/mol. The Balaban J connectivity index is 2.57. The fourth-order valence-electron chi connectivity index (χ4n) is 2.61. The molecular weight excluding hydrogens is 250 g/mol. The van der Waals surface area contributed by atoms with E-state index in [0.29, 0.717) is 13.0 Å². The summed E-state index contributed by atoms with van der Waals surface area (Å²) in [5, 5.41) is 13.9. The van der Waals surface area contributed by atoms with Crippen molar-refractivity contribution in [1.82, 2.24) is 5.32 Å². The van der Waals surface area contributed by atoms with Gasteiger partial charge in [0.25, 0.3) is 0 Å². The quantitative estimate of drug-likeness (QED) is 0.719. The minimum absolute atomic E-state index is 0.676. The van der Waals surface area contributed by atoms with Crippen LogP contribution in [0, 0.1) is 20.8 Å². The first kappa shape index (κ1) is 17.2. The van der Waals surface area contributed by atoms with Gasteiger partial charge in [0.1, 0.15) is 0 Å². The Bertz CT molecular complexity index is 404. The van der Waals surface area contributed by atoms with Gasteiger partial charge in [-0.15, -0.1) is 0 Å². The van der Waals surface area contributed by atoms with Crippen molar-refractivity contribution in [3.8, 4) is 0 Å². The van der Waals surface area contributed by atoms with Gasteiger partial charge < -0.3 is 15.2 Å². The molecular formula is C17H29NO2. The Kier molecular flexibility index (Phi) is 6.66. The number of rotatable bonds is 8. The van der Waals surface area contributed by atoms with E-state index in [1.54, 1.807) is 7.11 Å². The maximum Gasteiger partial charge on any atom is 0.0672 e. The zero-order chi connectivity index (χ0) is 15.2. The van der Waals surface area contributed by atoms with Crippen molar-refractivity contribution in [1.29, 1.82) is 0 Å². The van der Waals surface area contributed by atoms with Gasteiger partial charge in [-0.25, -0.2) is 0 Å². The van der Waals surface area contributed by atoms with Gasteiger partial charge in [-0.2, -0.15) is 0 Å². The van der Waals surface area contributed by atoms with E-state index in [2.05, 4.69) is 38.2 Å². The van der Waals surface area contributed by atoms with E-state index in [-0.39, 0.29) is 0 Å². The van der Waals surface area contributed by atoms with E-state index >= 15 is 0 Å². The second-order valence-corrected chi connectivity index (χ2v) is 6.04. The number of hydrogen-bond acceptors (Lipinski definition) is 3. The molecule has 2 N–H and O–H groups in total. The molecule has 0 aliphatic carbocycles. The molecule has 0 radical (unpaired) electrons. The molecule has 0 fully saturated rings. The molecule has 3 heteroatoms. The number of methoxy groups -OCH3 is 1. The zero-order valence-electron chi connectivity index (χ0n) is 13.5. The minimum Gasteiger partial charge on any atom is -0.390 e. The van der Waals surface area contributed by atoms with Gasteiger partial charge in [0, 0.05) is 20.1 Å². The van der Waals surface area contributed by atoms with Gasteiger partial charge in [-0.1, -0.05) is 17.7 Å². The van der Waals surface area contributed by atoms with Crippen LogP contribution >= 0.6 is 0 Å². The number of aryl methyl sites for hydroxylation is 3. The Hall–Kier alpha value is -0.900. The van der Waals surface area contributed by atoms with Crippen molar-refractivity contribution in [2.45, 2.75) is 46.1 Å². The number of hydrogen-bond donors (Lipinski definition) is 2. The number of aliphatic hydroxyl groups is 1. The summed E-state index contributed by atoms with van der Waals surface area (Å²) in [6.45, 7) is 10.6. The fourth-order valence-corrected chi connectivity index (χ4v) is 2.61. The predicted octanol–water partition coefficient (Wildman–Crippen LogP) is 2.53. The minimum atomic E-state index is -0.676. The lowest BCUT2D eigenvalue weighted by molar-refractivity contribution is 0.0507. The van der Waals surface area contributed by atoms with Crippen LogP contribution in [0.2, 0.25) is 0 Å². The molecule has 1 unspecified atom stereocenters. The van der Waals surface area contributed by atoms with Gasteiger partial charge in [-0.3, -0.25) is 0 Å². The van der Waals surface area contributed by atoms with E-state index in [1.807, 2.05) is 6.92 Å². The van der Waals surface area contributed by atoms with Gasteiger partial charge >= 0.3 is 0 Å². The Labute approximate surface area is 123 Å². The largest absolute Gasteiger partial charge is 0.390 e. The molecule has 0 heterocycles. The average Bonchev–Trinajstić information content (AvgIpc) is 2.33. The molecule has 3 nitrogen and oxygen atoms in total. The maximum absolute atomic E-state index is 10.6. The molecule has 0 amide bonds. The summed E-state index contributed by atoms with van der Waals surface area (Å²) < 4.78 is 4.99. The molecule has 0 saturated heterocycles. The van der Waals surface area contributed by atoms with Crippen LogP contribution in [-0.2, 0) is 11.2 Å². The third kappa shape index (κ3) is 5.61. The van der Waals surface area contributed by atoms with E-state index in [9.17, 15) is 5.11 Å². The lowest BCUT2D eigenvalue weighted by atomic mass is 9.88. The summed E-state index contributed by atoms with van der Waals surface area (Å²) in [5.41, 5.74) is 4.43. The molecule has 20 heavy (non-hydrogen) atoms. The molecule has 1 aromatic carbocycles. The maximum atomic E-state index is 10.6. The van der Waals surface area contributed by atoms with E-state index < -0.39 is 5.60 Å². The van der Waals surface area contributed by atoms with Crippen LogP contribution in [0.3, 0.4) is 0 Å². The third-order valence-electron chi connectivity index (χ3n) is 3.72. The first-order valence-electron chi connectivity index (χ1n) is 7.34. The van der Waals surface area contributed by atoms with Crippen molar-refractivity contribution in [2.75, 3.05) is 26.8 Å². The van der Waals surface area contributed by atoms with Gasteiger partial charge in [0.15, 0.2) is 0 Å². The molecule has 0 aliphatic heterocycles. The van der Waals surface area contributed by atoms with Crippen LogP contribution in [-0.4, -0.2) is 37.5 Å². The van der Waals surface area contributed by atoms with E-state index in [1.165, 1.54) is 22.3 Å². The molecule has 1 rings (SSSR count). The number of ether oxygens (including phenoxy) is 1. The molecule has 0 saturated carbocycles. The van der Waals surface area contributed by atoms with Gasteiger partial charge in [-0.05, 0) is 57.4 Å². The van der Waals surface area contributed by atoms with E-state index in [0.717, 1.165) is 19.5 Å². The van der Waals surface area contributed by atoms with E-state index in [4.69, 9.17) is 4.74 Å². The lowest BCUT2D eigenvalue weighted by Crippen LogP contribution is -2.33. The Morgan fingerprint density at radius 1 is 1.15 bits per heavy atom. The smallest absolute Gasteiger partial charge is 0.0672 e. The van der Waals surface area contributed by atoms with Gasteiger partial charge in [0.2, 0.25) is 0 Å². The van der Waals surface area contributed by atoms with Crippen molar-refractivity contribution in [3.05, 3.63) is 34.4 Å². The molecule has 0 aliphatic rings. The van der Waals surface area contributed by atoms with Gasteiger partial charge in [0.05, 0.1) is 12.2 Å². The fraction of sp³-hybridized carbons (Fsp3) is 0.647. The summed E-state index contributed by atoms with van der Waals surface area (Å²) >= 11 is 0. The number of benzene rings is 1. The van der Waals surface area contributed by atoms with Crippen LogP contribution in [0.15, 0.2) is 12.1 Å². The van der Waals surface area contributed by atoms with Crippen LogP contribution in [0.1, 0.15) is 35.6 Å². The van der Waals surface area contributed by atoms with Crippen molar-refractivity contribution in [2.24, 2.45) is 0 Å². The highest BCUT2D eigenvalue weighted by molar-refractivity contribution is 5.38. The molecule has 114 valence electrons. The second kappa shape index (κ2) is 7.77. The molecule has 0 spiro atoms. The third-order valence-corrected chi connectivity index (χ3v) is 3.72. The molecule has 1 aromatic rings. The highest BCUT2D eigenvalue weighted by Crippen LogP contribution is 2.23. The SMILES string of the molecule is COCCNCCC(C)(O)Cc1c(C)cc(C)cc1C. The Morgan fingerprint density at radius 2 is 1.75 bits per heavy atom. The lowest BCUT2D eigenvalue weighted by Gasteiger charge is -2.26. The second-order valence-electron chi connectivity index (χ2n) is 6.04. The summed E-state index contributed by atoms with van der Waals surface area (Å²) in [5.74, 6) is 0. The van der Waals surface area contributed by atoms with Crippen molar-refractivity contribution < 1.29 is 9.84 Å². The highest BCUT2D eigenvalue weighted by atomic mass is 16.5. The molecule has 1 atom stereocenters. The summed E-state index contributed by atoms with van der Waals surface area (Å²) in [6, 6.07) is 4.38. The van der Waals surface area contributed by atoms with Crippen LogP contribution in [0.25, 0.3) is 0 Å². The normalized spacial score (nSPS) is 14.3. The highest BCUT2D eigenvalue weighted by Gasteiger charge is 2.22. The van der Waals surface area contributed by atoms with Crippen molar-refractivity contribution in [3.63, 3.8) is 0 Å². The topological polar surface area (TPSA) is 41.5 Å². The number of nitrogens with one attached hydrogen (secondary N) is 1. The monoisotopic (exact) mass is 279 g/mol. The predicted molar refractivity (Wildman–Crippen MR) is 84.3 cm³/mol. The first-order chi connectivity index (χ1) is 9.35. The summed E-state index contributed by atoms with van der Waals surface area (Å²) in [4.78, 5) is 0. The summed E-state index contributed by atoms with van der Waals surface area (Å²) in [6.07, 6.45) is 1.44. The zero-order valence-corrected chi connectivity index (χ0v) is 13.5. The van der Waals surface area contributed by atoms with Crippen molar-refractivity contribution >= 4 is 0 Å². The van der Waals surface area contributed by atoms with Crippen LogP contribution in [0.5, 0.6) is 0 Å². The van der Waals surface area contributed by atoms with Crippen LogP contribution < -0.4 is 5.32 Å². The standard InChI is InChI=1S/C17H29NO2/c1-13-10-14(2)16(15(3)11-13)12-17(4,19)6-7-18-8-9-20-5/h10-11,18-19H,6-9,12H2,1-5H3. The summed E-state index contributed by atoms with van der Waals surface area (Å²) in [7, 11) is 1.70. The Morgan fingerprint density at radius 3 is 2.30 bits per heavy atom. The first-order valence-corrected chi connectivity index (χ1v) is 7.34. The van der Waals surface area contributed by atoms with Crippen LogP contribution in [0.4, 0.5) is 0 Å². The molecule has 0 bridgehead atoms. The molecule has 0 aromatic heterocycles.